The van der Waals surface area contributed by atoms with Gasteiger partial charge in [0.15, 0.2) is 0 Å². The summed E-state index contributed by atoms with van der Waals surface area (Å²) in [5.41, 5.74) is 0. The maximum Gasteiger partial charge on any atom is 0.137 e. The molecule has 0 saturated carbocycles. The van der Waals surface area contributed by atoms with Crippen molar-refractivity contribution < 1.29 is 9.52 Å². The predicted octanol–water partition coefficient (Wildman–Crippen LogP) is 2.58. The largest absolute Gasteiger partial charge is 0.466 e. The molecule has 12 heavy (non-hydrogen) atoms. The molecule has 3 heteroatoms. The molecular weight excluding hydrogens is 176 g/mol. The van der Waals surface area contributed by atoms with Gasteiger partial charge in [0.2, 0.25) is 0 Å². The Bertz CT molecular complexity index is 406. The van der Waals surface area contributed by atoms with Crippen LogP contribution in [0.3, 0.4) is 0 Å². The molecule has 0 bridgehead atoms. The summed E-state index contributed by atoms with van der Waals surface area (Å²) in [6, 6.07) is 5.44. The molecule has 1 aromatic heterocycles. The molecule has 0 aliphatic rings. The third-order valence-electron chi connectivity index (χ3n) is 1.79. The number of halogens is 1. The van der Waals surface area contributed by atoms with E-state index in [2.05, 4.69) is 0 Å². The van der Waals surface area contributed by atoms with Crippen LogP contribution in [0.4, 0.5) is 0 Å². The molecule has 0 spiro atoms. The van der Waals surface area contributed by atoms with Crippen LogP contribution in [0.15, 0.2) is 28.9 Å². The maximum absolute atomic E-state index is 8.88. The first-order valence-corrected chi connectivity index (χ1v) is 3.95. The molecule has 2 aromatic rings. The number of aliphatic hydroxyl groups excluding tert-OH is 1. The SMILES string of the molecule is OCc1occ2ccc(Cl)cc12. The summed E-state index contributed by atoms with van der Waals surface area (Å²) >= 11 is 5.78. The summed E-state index contributed by atoms with van der Waals surface area (Å²) in [5.74, 6) is 0.563. The minimum absolute atomic E-state index is 0.0934. The van der Waals surface area contributed by atoms with Gasteiger partial charge in [-0.15, -0.1) is 0 Å². The second kappa shape index (κ2) is 2.81. The molecule has 2 nitrogen and oxygen atoms in total. The third-order valence-corrected chi connectivity index (χ3v) is 2.02. The maximum atomic E-state index is 8.88. The van der Waals surface area contributed by atoms with Crippen LogP contribution in [-0.2, 0) is 6.61 Å². The van der Waals surface area contributed by atoms with Crippen molar-refractivity contribution in [2.75, 3.05) is 0 Å². The quantitative estimate of drug-likeness (QED) is 0.736. The molecule has 0 amide bonds. The average molecular weight is 183 g/mol. The lowest BCUT2D eigenvalue weighted by molar-refractivity contribution is 0.249. The summed E-state index contributed by atoms with van der Waals surface area (Å²) in [6.07, 6.45) is 1.61. The van der Waals surface area contributed by atoms with Gasteiger partial charge in [-0.3, -0.25) is 0 Å². The van der Waals surface area contributed by atoms with E-state index in [0.717, 1.165) is 10.8 Å². The molecule has 62 valence electrons. The fourth-order valence-electron chi connectivity index (χ4n) is 1.19. The van der Waals surface area contributed by atoms with E-state index in [1.165, 1.54) is 0 Å². The normalized spacial score (nSPS) is 10.8. The molecule has 1 aromatic carbocycles. The van der Waals surface area contributed by atoms with Crippen molar-refractivity contribution in [1.29, 1.82) is 0 Å². The summed E-state index contributed by atoms with van der Waals surface area (Å²) in [6.45, 7) is -0.0934. The van der Waals surface area contributed by atoms with Crippen molar-refractivity contribution in [2.24, 2.45) is 0 Å². The Morgan fingerprint density at radius 2 is 2.25 bits per heavy atom. The fourth-order valence-corrected chi connectivity index (χ4v) is 1.37. The van der Waals surface area contributed by atoms with E-state index in [4.69, 9.17) is 21.1 Å². The first-order valence-electron chi connectivity index (χ1n) is 3.58. The molecule has 0 saturated heterocycles. The third kappa shape index (κ3) is 1.09. The Balaban J connectivity index is 2.75. The topological polar surface area (TPSA) is 33.4 Å². The fraction of sp³-hybridized carbons (Fsp3) is 0.111. The molecule has 0 aliphatic heterocycles. The van der Waals surface area contributed by atoms with Gasteiger partial charge in [-0.05, 0) is 18.2 Å². The molecule has 1 heterocycles. The van der Waals surface area contributed by atoms with Gasteiger partial charge in [-0.25, -0.2) is 0 Å². The van der Waals surface area contributed by atoms with Gasteiger partial charge in [0, 0.05) is 15.8 Å². The Kier molecular flexibility index (Phi) is 1.79. The second-order valence-corrected chi connectivity index (χ2v) is 2.99. The lowest BCUT2D eigenvalue weighted by Crippen LogP contribution is -1.77. The molecule has 1 N–H and O–H groups in total. The van der Waals surface area contributed by atoms with Gasteiger partial charge in [-0.1, -0.05) is 11.6 Å². The minimum Gasteiger partial charge on any atom is -0.466 e. The zero-order valence-corrected chi connectivity index (χ0v) is 7.01. The predicted molar refractivity (Wildman–Crippen MR) is 47.1 cm³/mol. The van der Waals surface area contributed by atoms with E-state index in [9.17, 15) is 0 Å². The minimum atomic E-state index is -0.0934. The smallest absolute Gasteiger partial charge is 0.137 e. The van der Waals surface area contributed by atoms with Crippen molar-refractivity contribution in [3.63, 3.8) is 0 Å². The first kappa shape index (κ1) is 7.65. The average Bonchev–Trinajstić information content (AvgIpc) is 2.46. The van der Waals surface area contributed by atoms with Crippen molar-refractivity contribution in [3.8, 4) is 0 Å². The van der Waals surface area contributed by atoms with Gasteiger partial charge in [0.1, 0.15) is 12.4 Å². The molecule has 2 rings (SSSR count). The zero-order valence-electron chi connectivity index (χ0n) is 6.25. The lowest BCUT2D eigenvalue weighted by atomic mass is 10.2. The highest BCUT2D eigenvalue weighted by atomic mass is 35.5. The van der Waals surface area contributed by atoms with E-state index < -0.39 is 0 Å². The Labute approximate surface area is 74.4 Å². The molecular formula is C9H7ClO2. The van der Waals surface area contributed by atoms with E-state index in [1.807, 2.05) is 6.07 Å². The number of hydrogen-bond acceptors (Lipinski definition) is 2. The van der Waals surface area contributed by atoms with Gasteiger partial charge >= 0.3 is 0 Å². The number of aliphatic hydroxyl groups is 1. The standard InChI is InChI=1S/C9H7ClO2/c10-7-2-1-6-5-12-9(4-11)8(6)3-7/h1-3,5,11H,4H2. The highest BCUT2D eigenvalue weighted by molar-refractivity contribution is 6.31. The number of fused-ring (bicyclic) bond motifs is 1. The summed E-state index contributed by atoms with van der Waals surface area (Å²) in [7, 11) is 0. The lowest BCUT2D eigenvalue weighted by Gasteiger charge is -1.91. The van der Waals surface area contributed by atoms with Crippen molar-refractivity contribution >= 4 is 22.4 Å². The van der Waals surface area contributed by atoms with Crippen LogP contribution in [-0.4, -0.2) is 5.11 Å². The van der Waals surface area contributed by atoms with E-state index in [0.29, 0.717) is 10.8 Å². The molecule has 0 unspecified atom stereocenters. The second-order valence-electron chi connectivity index (χ2n) is 2.55. The number of rotatable bonds is 1. The van der Waals surface area contributed by atoms with Gasteiger partial charge in [0.05, 0.1) is 6.26 Å². The van der Waals surface area contributed by atoms with E-state index >= 15 is 0 Å². The van der Waals surface area contributed by atoms with Gasteiger partial charge in [0.25, 0.3) is 0 Å². The highest BCUT2D eigenvalue weighted by Crippen LogP contribution is 2.24. The molecule has 0 radical (unpaired) electrons. The van der Waals surface area contributed by atoms with Crippen molar-refractivity contribution in [1.82, 2.24) is 0 Å². The van der Waals surface area contributed by atoms with Crippen molar-refractivity contribution in [3.05, 3.63) is 35.2 Å². The van der Waals surface area contributed by atoms with E-state index in [-0.39, 0.29) is 6.61 Å². The van der Waals surface area contributed by atoms with Crippen LogP contribution in [0, 0.1) is 0 Å². The Morgan fingerprint density at radius 3 is 3.00 bits per heavy atom. The zero-order chi connectivity index (χ0) is 8.55. The summed E-state index contributed by atoms with van der Waals surface area (Å²) in [5, 5.41) is 11.4. The van der Waals surface area contributed by atoms with Crippen LogP contribution in [0.25, 0.3) is 10.8 Å². The first-order chi connectivity index (χ1) is 5.81. The number of benzene rings is 1. The summed E-state index contributed by atoms with van der Waals surface area (Å²) in [4.78, 5) is 0. The Hall–Kier alpha value is -0.990. The highest BCUT2D eigenvalue weighted by Gasteiger charge is 2.04. The van der Waals surface area contributed by atoms with E-state index in [1.54, 1.807) is 18.4 Å². The molecule has 0 aliphatic carbocycles. The molecule has 0 atom stereocenters. The van der Waals surface area contributed by atoms with Crippen molar-refractivity contribution in [2.45, 2.75) is 6.61 Å². The summed E-state index contributed by atoms with van der Waals surface area (Å²) < 4.78 is 5.11. The van der Waals surface area contributed by atoms with Crippen LogP contribution in [0.1, 0.15) is 5.76 Å². The van der Waals surface area contributed by atoms with Gasteiger partial charge < -0.3 is 9.52 Å². The number of hydrogen-bond donors (Lipinski definition) is 1. The monoisotopic (exact) mass is 182 g/mol. The van der Waals surface area contributed by atoms with Crippen LogP contribution in [0.2, 0.25) is 5.02 Å². The molecule has 0 fully saturated rings. The van der Waals surface area contributed by atoms with Crippen LogP contribution in [0.5, 0.6) is 0 Å². The van der Waals surface area contributed by atoms with Crippen LogP contribution >= 0.6 is 11.6 Å². The Morgan fingerprint density at radius 1 is 1.42 bits per heavy atom. The number of furan rings is 1. The van der Waals surface area contributed by atoms with Gasteiger partial charge in [-0.2, -0.15) is 0 Å². The van der Waals surface area contributed by atoms with Crippen LogP contribution < -0.4 is 0 Å².